The molecule has 1 heterocycles. The molecule has 0 aliphatic rings. The van der Waals surface area contributed by atoms with E-state index in [-0.39, 0.29) is 17.1 Å². The predicted octanol–water partition coefficient (Wildman–Crippen LogP) is 3.73. The van der Waals surface area contributed by atoms with Crippen LogP contribution in [0.5, 0.6) is 5.75 Å². The summed E-state index contributed by atoms with van der Waals surface area (Å²) >= 11 is 5.55. The molecular weight excluding hydrogens is 240 g/mol. The maximum atomic E-state index is 11.5. The summed E-state index contributed by atoms with van der Waals surface area (Å²) in [5.41, 5.74) is -0.166. The van der Waals surface area contributed by atoms with Gasteiger partial charge in [-0.25, -0.2) is 0 Å². The third-order valence-corrected chi connectivity index (χ3v) is 2.75. The van der Waals surface area contributed by atoms with Crippen LogP contribution in [0.3, 0.4) is 0 Å². The molecule has 4 heteroatoms. The predicted molar refractivity (Wildman–Crippen MR) is 68.8 cm³/mol. The molecule has 0 aliphatic carbocycles. The molecule has 0 fully saturated rings. The first-order chi connectivity index (χ1) is 8.27. The van der Waals surface area contributed by atoms with Gasteiger partial charge in [-0.3, -0.25) is 4.79 Å². The molecule has 0 amide bonds. The number of halogens is 1. The van der Waals surface area contributed by atoms with E-state index in [9.17, 15) is 4.79 Å². The quantitative estimate of drug-likeness (QED) is 0.527. The molecule has 0 spiro atoms. The number of ether oxygens (including phenoxy) is 1. The van der Waals surface area contributed by atoms with Crippen LogP contribution in [0, 0.1) is 0 Å². The van der Waals surface area contributed by atoms with Crippen molar-refractivity contribution in [1.82, 2.24) is 0 Å². The van der Waals surface area contributed by atoms with Crippen molar-refractivity contribution in [3.05, 3.63) is 28.3 Å². The molecule has 17 heavy (non-hydrogen) atoms. The Bertz CT molecular complexity index is 373. The summed E-state index contributed by atoms with van der Waals surface area (Å²) in [6.07, 6.45) is 7.15. The van der Waals surface area contributed by atoms with Crippen LogP contribution in [0.4, 0.5) is 0 Å². The molecule has 1 aromatic heterocycles. The number of alkyl halides is 1. The van der Waals surface area contributed by atoms with Gasteiger partial charge in [0.2, 0.25) is 11.2 Å². The Labute approximate surface area is 107 Å². The lowest BCUT2D eigenvalue weighted by Gasteiger charge is -2.04. The second-order valence-electron chi connectivity index (χ2n) is 3.97. The molecule has 0 saturated heterocycles. The van der Waals surface area contributed by atoms with E-state index in [0.29, 0.717) is 12.4 Å². The van der Waals surface area contributed by atoms with E-state index in [2.05, 4.69) is 6.92 Å². The fraction of sp³-hybridized carbons (Fsp3) is 0.615. The standard InChI is InChI=1S/C13H19ClO3/c1-2-3-4-5-6-7-16-13-10-17-11(9-14)8-12(13)15/h8,10H,2-7,9H2,1H3. The maximum Gasteiger partial charge on any atom is 0.227 e. The first-order valence-corrected chi connectivity index (χ1v) is 6.62. The van der Waals surface area contributed by atoms with Crippen LogP contribution in [-0.2, 0) is 5.88 Å². The molecule has 0 aromatic carbocycles. The van der Waals surface area contributed by atoms with E-state index < -0.39 is 0 Å². The Morgan fingerprint density at radius 1 is 1.29 bits per heavy atom. The third kappa shape index (κ3) is 5.26. The molecule has 1 rings (SSSR count). The topological polar surface area (TPSA) is 39.4 Å². The summed E-state index contributed by atoms with van der Waals surface area (Å²) in [5.74, 6) is 0.938. The molecule has 0 radical (unpaired) electrons. The minimum atomic E-state index is -0.166. The molecule has 96 valence electrons. The lowest BCUT2D eigenvalue weighted by Crippen LogP contribution is -2.08. The van der Waals surface area contributed by atoms with Crippen molar-refractivity contribution in [2.45, 2.75) is 44.9 Å². The highest BCUT2D eigenvalue weighted by molar-refractivity contribution is 6.16. The smallest absolute Gasteiger partial charge is 0.227 e. The van der Waals surface area contributed by atoms with E-state index in [1.54, 1.807) is 0 Å². The van der Waals surface area contributed by atoms with Crippen LogP contribution >= 0.6 is 11.6 Å². The van der Waals surface area contributed by atoms with Crippen LogP contribution in [0.1, 0.15) is 44.8 Å². The zero-order chi connectivity index (χ0) is 12.5. The zero-order valence-electron chi connectivity index (χ0n) is 10.2. The highest BCUT2D eigenvalue weighted by Crippen LogP contribution is 2.09. The van der Waals surface area contributed by atoms with Gasteiger partial charge in [-0.1, -0.05) is 32.6 Å². The van der Waals surface area contributed by atoms with Crippen LogP contribution in [-0.4, -0.2) is 6.61 Å². The zero-order valence-corrected chi connectivity index (χ0v) is 11.0. The fourth-order valence-corrected chi connectivity index (χ4v) is 1.64. The van der Waals surface area contributed by atoms with Crippen LogP contribution in [0.2, 0.25) is 0 Å². The highest BCUT2D eigenvalue weighted by Gasteiger charge is 2.03. The Morgan fingerprint density at radius 2 is 2.06 bits per heavy atom. The molecule has 1 aromatic rings. The maximum absolute atomic E-state index is 11.5. The molecule has 0 atom stereocenters. The molecule has 0 unspecified atom stereocenters. The van der Waals surface area contributed by atoms with Gasteiger partial charge < -0.3 is 9.15 Å². The normalized spacial score (nSPS) is 10.5. The Hall–Kier alpha value is -0.960. The van der Waals surface area contributed by atoms with Crippen molar-refractivity contribution in [3.63, 3.8) is 0 Å². The lowest BCUT2D eigenvalue weighted by atomic mass is 10.2. The summed E-state index contributed by atoms with van der Waals surface area (Å²) in [6.45, 7) is 2.74. The minimum Gasteiger partial charge on any atom is -0.487 e. The second kappa shape index (κ2) is 8.18. The molecule has 0 N–H and O–H groups in total. The average Bonchev–Trinajstić information content (AvgIpc) is 2.35. The summed E-state index contributed by atoms with van der Waals surface area (Å²) in [4.78, 5) is 11.5. The highest BCUT2D eigenvalue weighted by atomic mass is 35.5. The monoisotopic (exact) mass is 258 g/mol. The number of unbranched alkanes of at least 4 members (excludes halogenated alkanes) is 4. The molecule has 0 bridgehead atoms. The summed E-state index contributed by atoms with van der Waals surface area (Å²) < 4.78 is 10.5. The molecule has 0 aliphatic heterocycles. The average molecular weight is 259 g/mol. The summed E-state index contributed by atoms with van der Waals surface area (Å²) in [6, 6.07) is 1.37. The van der Waals surface area contributed by atoms with Gasteiger partial charge in [-0.15, -0.1) is 11.6 Å². The van der Waals surface area contributed by atoms with Gasteiger partial charge in [-0.05, 0) is 6.42 Å². The van der Waals surface area contributed by atoms with Gasteiger partial charge in [0.1, 0.15) is 12.0 Å². The van der Waals surface area contributed by atoms with Crippen molar-refractivity contribution in [1.29, 1.82) is 0 Å². The van der Waals surface area contributed by atoms with Gasteiger partial charge in [0.05, 0.1) is 12.5 Å². The van der Waals surface area contributed by atoms with E-state index in [1.165, 1.54) is 31.6 Å². The van der Waals surface area contributed by atoms with Gasteiger partial charge in [0.15, 0.2) is 0 Å². The van der Waals surface area contributed by atoms with Crippen LogP contribution in [0.15, 0.2) is 21.5 Å². The van der Waals surface area contributed by atoms with Gasteiger partial charge in [0, 0.05) is 6.07 Å². The van der Waals surface area contributed by atoms with Crippen molar-refractivity contribution in [2.75, 3.05) is 6.61 Å². The van der Waals surface area contributed by atoms with E-state index in [1.807, 2.05) is 0 Å². The van der Waals surface area contributed by atoms with Crippen molar-refractivity contribution in [3.8, 4) is 5.75 Å². The first kappa shape index (κ1) is 14.1. The fourth-order valence-electron chi connectivity index (χ4n) is 1.50. The largest absolute Gasteiger partial charge is 0.487 e. The summed E-state index contributed by atoms with van der Waals surface area (Å²) in [5, 5.41) is 0. The Balaban J connectivity index is 2.29. The molecule has 0 saturated carbocycles. The van der Waals surface area contributed by atoms with Gasteiger partial charge >= 0.3 is 0 Å². The molecule has 3 nitrogen and oxygen atoms in total. The second-order valence-corrected chi connectivity index (χ2v) is 4.24. The number of rotatable bonds is 8. The van der Waals surface area contributed by atoms with Gasteiger partial charge in [-0.2, -0.15) is 0 Å². The van der Waals surface area contributed by atoms with Crippen molar-refractivity contribution >= 4 is 11.6 Å². The number of hydrogen-bond donors (Lipinski definition) is 0. The Kier molecular flexibility index (Phi) is 6.78. The third-order valence-electron chi connectivity index (χ3n) is 2.49. The minimum absolute atomic E-state index is 0.166. The summed E-state index contributed by atoms with van der Waals surface area (Å²) in [7, 11) is 0. The molecular formula is C13H19ClO3. The SMILES string of the molecule is CCCCCCCOc1coc(CCl)cc1=O. The van der Waals surface area contributed by atoms with E-state index >= 15 is 0 Å². The number of hydrogen-bond acceptors (Lipinski definition) is 3. The van der Waals surface area contributed by atoms with Crippen LogP contribution in [0.25, 0.3) is 0 Å². The van der Waals surface area contributed by atoms with Gasteiger partial charge in [0.25, 0.3) is 0 Å². The first-order valence-electron chi connectivity index (χ1n) is 6.08. The lowest BCUT2D eigenvalue weighted by molar-refractivity contribution is 0.290. The van der Waals surface area contributed by atoms with Crippen LogP contribution < -0.4 is 10.2 Å². The Morgan fingerprint density at radius 3 is 2.71 bits per heavy atom. The van der Waals surface area contributed by atoms with Crippen molar-refractivity contribution < 1.29 is 9.15 Å². The van der Waals surface area contributed by atoms with E-state index in [0.717, 1.165) is 12.8 Å². The van der Waals surface area contributed by atoms with Crippen molar-refractivity contribution in [2.24, 2.45) is 0 Å². The van der Waals surface area contributed by atoms with E-state index in [4.69, 9.17) is 20.8 Å².